The monoisotopic (exact) mass is 432 g/mol. The number of carbonyl (C=O) groups is 1. The van der Waals surface area contributed by atoms with E-state index in [1.165, 1.54) is 33.3 Å². The first-order valence-corrected chi connectivity index (χ1v) is 9.93. The highest BCUT2D eigenvalue weighted by Gasteiger charge is 2.23. The van der Waals surface area contributed by atoms with Gasteiger partial charge in [0.2, 0.25) is 15.9 Å². The molecule has 0 aliphatic heterocycles. The van der Waals surface area contributed by atoms with E-state index in [1.807, 2.05) is 0 Å². The highest BCUT2D eigenvalue weighted by Crippen LogP contribution is 2.23. The topological polar surface area (TPSA) is 101 Å². The van der Waals surface area contributed by atoms with Gasteiger partial charge in [-0.2, -0.15) is 5.10 Å². The van der Waals surface area contributed by atoms with Gasteiger partial charge in [-0.1, -0.05) is 29.3 Å². The van der Waals surface area contributed by atoms with Crippen LogP contribution in [0.3, 0.4) is 0 Å². The molecule has 0 saturated heterocycles. The Morgan fingerprint density at radius 3 is 2.52 bits per heavy atom. The number of carbonyl (C=O) groups excluding carboxylic acids is 1. The van der Waals surface area contributed by atoms with E-state index < -0.39 is 27.5 Å². The summed E-state index contributed by atoms with van der Waals surface area (Å²) in [5.41, 5.74) is 0.106. The van der Waals surface area contributed by atoms with E-state index in [9.17, 15) is 18.0 Å². The van der Waals surface area contributed by atoms with Crippen molar-refractivity contribution in [2.24, 2.45) is 0 Å². The number of rotatable bonds is 5. The summed E-state index contributed by atoms with van der Waals surface area (Å²) >= 11 is 11.5. The lowest BCUT2D eigenvalue weighted by atomic mass is 10.2. The molecule has 0 saturated carbocycles. The summed E-state index contributed by atoms with van der Waals surface area (Å²) in [5, 5.41) is 6.16. The van der Waals surface area contributed by atoms with Crippen molar-refractivity contribution >= 4 is 44.8 Å². The fourth-order valence-electron chi connectivity index (χ4n) is 2.21. The van der Waals surface area contributed by atoms with Crippen molar-refractivity contribution in [2.45, 2.75) is 24.8 Å². The van der Waals surface area contributed by atoms with Crippen LogP contribution >= 0.6 is 23.2 Å². The Bertz CT molecular complexity index is 1050. The second-order valence-corrected chi connectivity index (χ2v) is 8.89. The molecule has 1 amide bonds. The molecule has 2 aromatic rings. The van der Waals surface area contributed by atoms with Gasteiger partial charge < -0.3 is 5.32 Å². The molecule has 1 aromatic heterocycles. The summed E-state index contributed by atoms with van der Waals surface area (Å²) in [6, 6.07) is 3.52. The van der Waals surface area contributed by atoms with Crippen LogP contribution in [-0.4, -0.2) is 42.5 Å². The maximum atomic E-state index is 12.5. The van der Waals surface area contributed by atoms with Crippen LogP contribution in [0, 0.1) is 6.92 Å². The van der Waals surface area contributed by atoms with Crippen LogP contribution in [-0.2, 0) is 14.8 Å². The molecule has 27 heavy (non-hydrogen) atoms. The third-order valence-corrected chi connectivity index (χ3v) is 6.57. The Morgan fingerprint density at radius 2 is 1.93 bits per heavy atom. The number of sulfonamides is 1. The molecule has 146 valence electrons. The first-order chi connectivity index (χ1) is 12.5. The number of anilines is 1. The number of hydrogen-bond acceptors (Lipinski definition) is 5. The van der Waals surface area contributed by atoms with Crippen molar-refractivity contribution in [1.29, 1.82) is 0 Å². The maximum absolute atomic E-state index is 12.5. The number of halogens is 2. The van der Waals surface area contributed by atoms with Crippen LogP contribution in [0.1, 0.15) is 18.5 Å². The summed E-state index contributed by atoms with van der Waals surface area (Å²) < 4.78 is 26.8. The predicted molar refractivity (Wildman–Crippen MR) is 104 cm³/mol. The minimum atomic E-state index is -3.67. The Balaban J connectivity index is 2.34. The van der Waals surface area contributed by atoms with Gasteiger partial charge in [0.1, 0.15) is 11.1 Å². The molecular formula is C16H18Cl2N4O4S. The predicted octanol–water partition coefficient (Wildman–Crippen LogP) is 2.31. The smallest absolute Gasteiger partial charge is 0.287 e. The molecule has 0 radical (unpaired) electrons. The Labute approximate surface area is 166 Å². The minimum Gasteiger partial charge on any atom is -0.324 e. The lowest BCUT2D eigenvalue weighted by Gasteiger charge is -2.17. The second-order valence-electron chi connectivity index (χ2n) is 5.99. The van der Waals surface area contributed by atoms with Crippen LogP contribution in [0.2, 0.25) is 10.0 Å². The number of nitrogens with zero attached hydrogens (tertiary/aromatic N) is 3. The lowest BCUT2D eigenvalue weighted by Crippen LogP contribution is -2.33. The van der Waals surface area contributed by atoms with Gasteiger partial charge >= 0.3 is 0 Å². The largest absolute Gasteiger partial charge is 0.324 e. The third-order valence-electron chi connectivity index (χ3n) is 3.86. The number of aromatic nitrogens is 2. The van der Waals surface area contributed by atoms with E-state index in [2.05, 4.69) is 10.4 Å². The fraction of sp³-hybridized carbons (Fsp3) is 0.312. The third kappa shape index (κ3) is 4.32. The molecule has 1 heterocycles. The van der Waals surface area contributed by atoms with Gasteiger partial charge in [0.25, 0.3) is 5.56 Å². The number of amides is 1. The molecule has 1 N–H and O–H groups in total. The summed E-state index contributed by atoms with van der Waals surface area (Å²) in [7, 11) is -0.831. The lowest BCUT2D eigenvalue weighted by molar-refractivity contribution is -0.119. The average molecular weight is 433 g/mol. The molecule has 2 rings (SSSR count). The summed E-state index contributed by atoms with van der Waals surface area (Å²) in [6.07, 6.45) is 1.17. The zero-order valence-corrected chi connectivity index (χ0v) is 17.4. The van der Waals surface area contributed by atoms with Crippen molar-refractivity contribution < 1.29 is 13.2 Å². The number of benzene rings is 1. The molecule has 0 unspecified atom stereocenters. The molecule has 1 atom stereocenters. The molecular weight excluding hydrogens is 415 g/mol. The molecule has 1 aromatic carbocycles. The molecule has 0 aliphatic rings. The quantitative estimate of drug-likeness (QED) is 0.780. The van der Waals surface area contributed by atoms with E-state index in [1.54, 1.807) is 19.1 Å². The van der Waals surface area contributed by atoms with Gasteiger partial charge in [0.05, 0.1) is 16.1 Å². The van der Waals surface area contributed by atoms with Crippen molar-refractivity contribution in [3.05, 3.63) is 50.4 Å². The zero-order chi connectivity index (χ0) is 20.5. The molecule has 11 heteroatoms. The first-order valence-electron chi connectivity index (χ1n) is 7.73. The Hall–Kier alpha value is -1.94. The molecule has 0 bridgehead atoms. The van der Waals surface area contributed by atoms with Crippen molar-refractivity contribution in [3.63, 3.8) is 0 Å². The van der Waals surface area contributed by atoms with Gasteiger partial charge in [-0.25, -0.2) is 17.4 Å². The Kier molecular flexibility index (Phi) is 6.31. The fourth-order valence-corrected chi connectivity index (χ4v) is 3.61. The van der Waals surface area contributed by atoms with Crippen molar-refractivity contribution in [2.75, 3.05) is 19.4 Å². The van der Waals surface area contributed by atoms with Crippen LogP contribution in [0.4, 0.5) is 5.69 Å². The van der Waals surface area contributed by atoms with Crippen LogP contribution < -0.4 is 10.9 Å². The summed E-state index contributed by atoms with van der Waals surface area (Å²) in [6.45, 7) is 3.11. The molecule has 0 spiro atoms. The number of hydrogen-bond donors (Lipinski definition) is 1. The van der Waals surface area contributed by atoms with E-state index in [4.69, 9.17) is 23.2 Å². The minimum absolute atomic E-state index is 0.0115. The summed E-state index contributed by atoms with van der Waals surface area (Å²) in [5.74, 6) is -0.569. The van der Waals surface area contributed by atoms with Gasteiger partial charge in [-0.3, -0.25) is 9.59 Å². The van der Waals surface area contributed by atoms with Gasteiger partial charge in [-0.15, -0.1) is 0 Å². The van der Waals surface area contributed by atoms with E-state index in [0.29, 0.717) is 5.56 Å². The van der Waals surface area contributed by atoms with Gasteiger partial charge in [0, 0.05) is 19.8 Å². The van der Waals surface area contributed by atoms with E-state index >= 15 is 0 Å². The van der Waals surface area contributed by atoms with E-state index in [0.717, 1.165) is 8.99 Å². The molecule has 8 nitrogen and oxygen atoms in total. The standard InChI is InChI=1S/C16H18Cl2N4O4S/c1-9-5-6-11(7-13(9)27(25,26)21(3)4)20-15(23)10(2)22-16(24)14(18)12(17)8-19-22/h5-8,10H,1-4H3,(H,20,23)/t10-/m1/s1. The summed E-state index contributed by atoms with van der Waals surface area (Å²) in [4.78, 5) is 24.7. The number of nitrogens with one attached hydrogen (secondary N) is 1. The van der Waals surface area contributed by atoms with Gasteiger partial charge in [0.15, 0.2) is 0 Å². The Morgan fingerprint density at radius 1 is 1.30 bits per heavy atom. The first kappa shape index (κ1) is 21.4. The number of aryl methyl sites for hydroxylation is 1. The van der Waals surface area contributed by atoms with Crippen molar-refractivity contribution in [1.82, 2.24) is 14.1 Å². The van der Waals surface area contributed by atoms with Crippen LogP contribution in [0.5, 0.6) is 0 Å². The SMILES string of the molecule is Cc1ccc(NC(=O)[C@@H](C)n2ncc(Cl)c(Cl)c2=O)cc1S(=O)(=O)N(C)C. The second kappa shape index (κ2) is 7.97. The van der Waals surface area contributed by atoms with Crippen LogP contribution in [0.15, 0.2) is 34.1 Å². The highest BCUT2D eigenvalue weighted by molar-refractivity contribution is 7.89. The average Bonchev–Trinajstić information content (AvgIpc) is 2.60. The van der Waals surface area contributed by atoms with Crippen LogP contribution in [0.25, 0.3) is 0 Å². The molecule has 0 aliphatic carbocycles. The maximum Gasteiger partial charge on any atom is 0.287 e. The van der Waals surface area contributed by atoms with Gasteiger partial charge in [-0.05, 0) is 31.5 Å². The molecule has 0 fully saturated rings. The zero-order valence-electron chi connectivity index (χ0n) is 15.0. The normalized spacial score (nSPS) is 12.9. The van der Waals surface area contributed by atoms with Crippen molar-refractivity contribution in [3.8, 4) is 0 Å². The highest BCUT2D eigenvalue weighted by atomic mass is 35.5. The van der Waals surface area contributed by atoms with E-state index in [-0.39, 0.29) is 20.6 Å².